The van der Waals surface area contributed by atoms with Gasteiger partial charge in [0, 0.05) is 41.0 Å². The van der Waals surface area contributed by atoms with E-state index in [0.717, 1.165) is 4.90 Å². The van der Waals surface area contributed by atoms with Gasteiger partial charge in [-0.3, -0.25) is 28.8 Å². The van der Waals surface area contributed by atoms with Gasteiger partial charge in [-0.15, -0.1) is 0 Å². The summed E-state index contributed by atoms with van der Waals surface area (Å²) in [5.41, 5.74) is 0. The predicted octanol–water partition coefficient (Wildman–Crippen LogP) is 2.50. The summed E-state index contributed by atoms with van der Waals surface area (Å²) in [6, 6.07) is -4.22. The number of likely N-dealkylation sites (N-methyl/N-ethyl adjacent to an activating group) is 4. The summed E-state index contributed by atoms with van der Waals surface area (Å²) in [4.78, 5) is 82.6. The molecule has 0 aromatic heterocycles. The fraction of sp³-hybridized carbons (Fsp3) is 0.824. The Labute approximate surface area is 282 Å². The minimum atomic E-state index is -1.45. The van der Waals surface area contributed by atoms with Crippen molar-refractivity contribution in [3.8, 4) is 0 Å². The number of hydrogen-bond donors (Lipinski definition) is 4. The topological polar surface area (TPSA) is 177 Å². The maximum absolute atomic E-state index is 14.3. The number of aliphatic hydroxyl groups is 1. The molecule has 0 bridgehead atoms. The van der Waals surface area contributed by atoms with E-state index < -0.39 is 71.7 Å². The monoisotopic (exact) mass is 669 g/mol. The number of rotatable bonds is 21. The summed E-state index contributed by atoms with van der Waals surface area (Å²) in [6.45, 7) is 14.9. The highest BCUT2D eigenvalue weighted by molar-refractivity contribution is 5.95. The third-order valence-corrected chi connectivity index (χ3v) is 8.70. The van der Waals surface area contributed by atoms with E-state index in [0.29, 0.717) is 25.2 Å². The summed E-state index contributed by atoms with van der Waals surface area (Å²) in [5, 5.41) is 25.7. The minimum absolute atomic E-state index is 0.0752. The summed E-state index contributed by atoms with van der Waals surface area (Å²) in [5.74, 6) is -3.95. The Bertz CT molecular complexity index is 1050. The molecule has 0 aromatic carbocycles. The fourth-order valence-electron chi connectivity index (χ4n) is 5.65. The van der Waals surface area contributed by atoms with Crippen LogP contribution in [-0.2, 0) is 28.8 Å². The van der Waals surface area contributed by atoms with Gasteiger partial charge in [-0.1, -0.05) is 55.4 Å². The first-order chi connectivity index (χ1) is 21.7. The average Bonchev–Trinajstić information content (AvgIpc) is 2.99. The van der Waals surface area contributed by atoms with E-state index in [1.165, 1.54) is 30.9 Å². The number of carbonyl (C=O) groups is 6. The Balaban J connectivity index is 6.58. The first-order valence-corrected chi connectivity index (χ1v) is 16.9. The number of nitrogens with one attached hydrogen (secondary N) is 2. The second kappa shape index (κ2) is 20.9. The maximum Gasteiger partial charge on any atom is 0.303 e. The van der Waals surface area contributed by atoms with Gasteiger partial charge in [0.05, 0.1) is 6.10 Å². The molecule has 4 N–H and O–H groups in total. The quantitative estimate of drug-likeness (QED) is 0.144. The molecular formula is C34H63N5O8. The molecule has 0 fully saturated rings. The zero-order valence-corrected chi connectivity index (χ0v) is 30.8. The van der Waals surface area contributed by atoms with Gasteiger partial charge in [-0.25, -0.2) is 0 Å². The second-order valence-corrected chi connectivity index (χ2v) is 14.0. The molecule has 0 aromatic rings. The molecule has 13 heteroatoms. The number of carbonyl (C=O) groups excluding carboxylic acids is 5. The molecular weight excluding hydrogens is 606 g/mol. The van der Waals surface area contributed by atoms with E-state index in [9.17, 15) is 33.9 Å². The maximum atomic E-state index is 14.3. The molecule has 0 aliphatic heterocycles. The molecule has 0 aliphatic carbocycles. The Morgan fingerprint density at radius 1 is 0.723 bits per heavy atom. The highest BCUT2D eigenvalue weighted by Gasteiger charge is 2.43. The number of amides is 5. The van der Waals surface area contributed by atoms with Crippen LogP contribution in [0.2, 0.25) is 0 Å². The first-order valence-electron chi connectivity index (χ1n) is 16.9. The molecule has 47 heavy (non-hydrogen) atoms. The highest BCUT2D eigenvalue weighted by Crippen LogP contribution is 2.24. The van der Waals surface area contributed by atoms with Crippen LogP contribution in [0, 0.1) is 23.7 Å². The standard InChI is InChI=1S/C34H63N5O8/c1-13-24(31(44)35-9)36-32(45)29(30(43)23(8)15-14-16-27(41)42)39(12)34(47)28(22(6)7)38(11)33(46)25(19-21(4)5)37(10)26(40)18-17-20(2)3/h20-25,28-30,43H,13-19H2,1-12H3,(H,35,44)(H,36,45)(H,41,42)/t23-,24+,25+,28+,29+,30-/m1/s1. The number of aliphatic hydroxyl groups excluding tert-OH is 1. The average molecular weight is 670 g/mol. The molecule has 0 saturated carbocycles. The number of nitrogens with zero attached hydrogens (tertiary/aromatic N) is 3. The van der Waals surface area contributed by atoms with Gasteiger partial charge >= 0.3 is 5.97 Å². The summed E-state index contributed by atoms with van der Waals surface area (Å²) >= 11 is 0. The van der Waals surface area contributed by atoms with E-state index >= 15 is 0 Å². The lowest BCUT2D eigenvalue weighted by Crippen LogP contribution is -2.63. The summed E-state index contributed by atoms with van der Waals surface area (Å²) < 4.78 is 0. The van der Waals surface area contributed by atoms with Crippen molar-refractivity contribution in [3.05, 3.63) is 0 Å². The van der Waals surface area contributed by atoms with Crippen molar-refractivity contribution in [2.75, 3.05) is 28.2 Å². The molecule has 0 rings (SSSR count). The zero-order valence-electron chi connectivity index (χ0n) is 30.8. The molecule has 0 radical (unpaired) electrons. The van der Waals surface area contributed by atoms with E-state index in [4.69, 9.17) is 5.11 Å². The SMILES string of the molecule is CC[C@H](NC(=O)[C@H]([C@H](O)[C@H](C)CCCC(=O)O)N(C)C(=O)[C@H](C(C)C)N(C)C(=O)[C@H](CC(C)C)N(C)C(=O)CCC(C)C)C(=O)NC. The lowest BCUT2D eigenvalue weighted by Gasteiger charge is -2.40. The second-order valence-electron chi connectivity index (χ2n) is 14.0. The Morgan fingerprint density at radius 2 is 1.28 bits per heavy atom. The molecule has 13 nitrogen and oxygen atoms in total. The van der Waals surface area contributed by atoms with Crippen molar-refractivity contribution in [1.82, 2.24) is 25.3 Å². The van der Waals surface area contributed by atoms with Crippen LogP contribution in [0.5, 0.6) is 0 Å². The van der Waals surface area contributed by atoms with Gasteiger partial charge in [0.1, 0.15) is 24.2 Å². The van der Waals surface area contributed by atoms with Crippen molar-refractivity contribution in [2.24, 2.45) is 23.7 Å². The van der Waals surface area contributed by atoms with Crippen LogP contribution in [0.3, 0.4) is 0 Å². The van der Waals surface area contributed by atoms with Gasteiger partial charge < -0.3 is 35.5 Å². The zero-order chi connectivity index (χ0) is 36.8. The fourth-order valence-corrected chi connectivity index (χ4v) is 5.65. The van der Waals surface area contributed by atoms with Crippen LogP contribution in [0.1, 0.15) is 100 Å². The Hall–Kier alpha value is -3.22. The van der Waals surface area contributed by atoms with Crippen LogP contribution in [0.25, 0.3) is 0 Å². The van der Waals surface area contributed by atoms with Gasteiger partial charge in [-0.05, 0) is 55.8 Å². The van der Waals surface area contributed by atoms with E-state index in [1.807, 2.05) is 27.7 Å². The first kappa shape index (κ1) is 43.8. The summed E-state index contributed by atoms with van der Waals surface area (Å²) in [6.07, 6.45) is 0.609. The van der Waals surface area contributed by atoms with Crippen LogP contribution >= 0.6 is 0 Å². The van der Waals surface area contributed by atoms with E-state index in [-0.39, 0.29) is 37.5 Å². The van der Waals surface area contributed by atoms with Crippen LogP contribution < -0.4 is 10.6 Å². The van der Waals surface area contributed by atoms with Gasteiger partial charge in [0.2, 0.25) is 29.5 Å². The normalized spacial score (nSPS) is 15.3. The van der Waals surface area contributed by atoms with E-state index in [2.05, 4.69) is 10.6 Å². The molecule has 272 valence electrons. The molecule has 0 spiro atoms. The predicted molar refractivity (Wildman–Crippen MR) is 181 cm³/mol. The lowest BCUT2D eigenvalue weighted by molar-refractivity contribution is -0.156. The molecule has 0 aliphatic rings. The van der Waals surface area contributed by atoms with Crippen molar-refractivity contribution >= 4 is 35.5 Å². The third-order valence-electron chi connectivity index (χ3n) is 8.70. The third kappa shape index (κ3) is 13.8. The van der Waals surface area contributed by atoms with Crippen LogP contribution in [-0.4, -0.2) is 119 Å². The lowest BCUT2D eigenvalue weighted by atomic mass is 9.90. The molecule has 6 atom stereocenters. The van der Waals surface area contributed by atoms with Gasteiger partial charge in [0.25, 0.3) is 0 Å². The number of aliphatic carboxylic acids is 1. The van der Waals surface area contributed by atoms with E-state index in [1.54, 1.807) is 34.7 Å². The number of hydrogen-bond acceptors (Lipinski definition) is 7. The van der Waals surface area contributed by atoms with Gasteiger partial charge in [-0.2, -0.15) is 0 Å². The molecule has 0 unspecified atom stereocenters. The largest absolute Gasteiger partial charge is 0.481 e. The van der Waals surface area contributed by atoms with Crippen LogP contribution in [0.15, 0.2) is 0 Å². The number of carboxylic acids is 1. The van der Waals surface area contributed by atoms with Crippen molar-refractivity contribution in [2.45, 2.75) is 131 Å². The van der Waals surface area contributed by atoms with Crippen molar-refractivity contribution < 1.29 is 39.0 Å². The summed E-state index contributed by atoms with van der Waals surface area (Å²) in [7, 11) is 5.93. The minimum Gasteiger partial charge on any atom is -0.481 e. The Morgan fingerprint density at radius 3 is 1.72 bits per heavy atom. The van der Waals surface area contributed by atoms with Crippen molar-refractivity contribution in [3.63, 3.8) is 0 Å². The highest BCUT2D eigenvalue weighted by atomic mass is 16.4. The molecule has 0 saturated heterocycles. The molecule has 5 amide bonds. The Kier molecular flexibility index (Phi) is 19.5. The molecule has 0 heterocycles. The van der Waals surface area contributed by atoms with Crippen molar-refractivity contribution in [1.29, 1.82) is 0 Å². The smallest absolute Gasteiger partial charge is 0.303 e. The van der Waals surface area contributed by atoms with Gasteiger partial charge in [0.15, 0.2) is 0 Å². The number of carboxylic acid groups (broad SMARTS) is 1. The van der Waals surface area contributed by atoms with Crippen LogP contribution in [0.4, 0.5) is 0 Å².